The molecule has 5 nitrogen and oxygen atoms in total. The highest BCUT2D eigenvalue weighted by Crippen LogP contribution is 2.26. The summed E-state index contributed by atoms with van der Waals surface area (Å²) in [5, 5.41) is 12.1. The predicted molar refractivity (Wildman–Crippen MR) is 92.6 cm³/mol. The molecule has 0 aliphatic carbocycles. The van der Waals surface area contributed by atoms with E-state index in [1.807, 2.05) is 24.3 Å². The molecule has 2 aromatic rings. The van der Waals surface area contributed by atoms with Crippen LogP contribution in [0.25, 0.3) is 0 Å². The van der Waals surface area contributed by atoms with Gasteiger partial charge in [-0.3, -0.25) is 9.59 Å². The highest BCUT2D eigenvalue weighted by molar-refractivity contribution is 6.32. The van der Waals surface area contributed by atoms with E-state index in [4.69, 9.17) is 11.6 Å². The average molecular weight is 345 g/mol. The smallest absolute Gasteiger partial charge is 0.251 e. The fourth-order valence-electron chi connectivity index (χ4n) is 2.79. The molecular weight excluding hydrogens is 328 g/mol. The number of amides is 2. The first-order valence-electron chi connectivity index (χ1n) is 7.71. The van der Waals surface area contributed by atoms with Gasteiger partial charge in [0.25, 0.3) is 5.91 Å². The maximum Gasteiger partial charge on any atom is 0.251 e. The fraction of sp³-hybridized carbons (Fsp3) is 0.222. The first-order valence-corrected chi connectivity index (χ1v) is 8.09. The molecule has 2 aromatic carbocycles. The molecule has 0 spiro atoms. The Balaban J connectivity index is 1.66. The Bertz CT molecular complexity index is 792. The molecule has 124 valence electrons. The van der Waals surface area contributed by atoms with Crippen LogP contribution in [0, 0.1) is 0 Å². The number of benzene rings is 2. The molecule has 0 saturated carbocycles. The number of halogens is 1. The van der Waals surface area contributed by atoms with Gasteiger partial charge in [0, 0.05) is 17.8 Å². The third-order valence-electron chi connectivity index (χ3n) is 4.02. The first-order chi connectivity index (χ1) is 11.6. The summed E-state index contributed by atoms with van der Waals surface area (Å²) in [6, 6.07) is 12.0. The summed E-state index contributed by atoms with van der Waals surface area (Å²) in [5.74, 6) is -0.648. The standard InChI is InChI=1S/C18H17ClN2O3/c19-14-10-13(7-8-16(14)22)18(24)20-11-17(23)21-9-3-5-12-4-1-2-6-15(12)21/h1-2,4,6-8,10,22H,3,5,9,11H2,(H,20,24). The van der Waals surface area contributed by atoms with Crippen LogP contribution in [0.1, 0.15) is 22.3 Å². The normalized spacial score (nSPS) is 13.3. The van der Waals surface area contributed by atoms with E-state index in [1.165, 1.54) is 18.2 Å². The second-order valence-corrected chi connectivity index (χ2v) is 6.03. The van der Waals surface area contributed by atoms with Crippen LogP contribution in [0.15, 0.2) is 42.5 Å². The van der Waals surface area contributed by atoms with Crippen LogP contribution in [-0.4, -0.2) is 30.0 Å². The largest absolute Gasteiger partial charge is 0.506 e. The molecule has 24 heavy (non-hydrogen) atoms. The fourth-order valence-corrected chi connectivity index (χ4v) is 2.97. The van der Waals surface area contributed by atoms with Gasteiger partial charge in [-0.25, -0.2) is 0 Å². The Morgan fingerprint density at radius 1 is 1.21 bits per heavy atom. The minimum absolute atomic E-state index is 0.0887. The van der Waals surface area contributed by atoms with Crippen molar-refractivity contribution in [1.29, 1.82) is 0 Å². The number of carbonyl (C=O) groups is 2. The number of aromatic hydroxyl groups is 1. The van der Waals surface area contributed by atoms with E-state index in [0.29, 0.717) is 12.1 Å². The number of phenolic OH excluding ortho intramolecular Hbond substituents is 1. The zero-order valence-electron chi connectivity index (χ0n) is 13.0. The molecule has 2 N–H and O–H groups in total. The number of rotatable bonds is 3. The lowest BCUT2D eigenvalue weighted by molar-refractivity contribution is -0.117. The van der Waals surface area contributed by atoms with Crippen LogP contribution in [0.3, 0.4) is 0 Å². The highest BCUT2D eigenvalue weighted by atomic mass is 35.5. The first kappa shape index (κ1) is 16.3. The lowest BCUT2D eigenvalue weighted by atomic mass is 10.0. The van der Waals surface area contributed by atoms with Crippen molar-refractivity contribution in [2.75, 3.05) is 18.0 Å². The van der Waals surface area contributed by atoms with E-state index in [1.54, 1.807) is 4.90 Å². The molecule has 0 unspecified atom stereocenters. The van der Waals surface area contributed by atoms with Crippen molar-refractivity contribution in [2.24, 2.45) is 0 Å². The van der Waals surface area contributed by atoms with E-state index in [-0.39, 0.29) is 23.2 Å². The summed E-state index contributed by atoms with van der Waals surface area (Å²) in [6.07, 6.45) is 1.86. The molecule has 0 radical (unpaired) electrons. The van der Waals surface area contributed by atoms with Crippen LogP contribution in [0.2, 0.25) is 5.02 Å². The molecule has 1 aliphatic heterocycles. The maximum atomic E-state index is 12.5. The summed E-state index contributed by atoms with van der Waals surface area (Å²) in [6.45, 7) is 0.558. The van der Waals surface area contributed by atoms with Crippen molar-refractivity contribution in [3.8, 4) is 5.75 Å². The molecule has 0 saturated heterocycles. The number of phenols is 1. The van der Waals surface area contributed by atoms with E-state index < -0.39 is 5.91 Å². The molecule has 0 bridgehead atoms. The van der Waals surface area contributed by atoms with Gasteiger partial charge in [-0.1, -0.05) is 29.8 Å². The van der Waals surface area contributed by atoms with Crippen molar-refractivity contribution >= 4 is 29.1 Å². The number of fused-ring (bicyclic) bond motifs is 1. The Morgan fingerprint density at radius 2 is 2.00 bits per heavy atom. The molecule has 0 atom stereocenters. The van der Waals surface area contributed by atoms with Crippen molar-refractivity contribution in [2.45, 2.75) is 12.8 Å². The second kappa shape index (κ2) is 6.93. The molecule has 6 heteroatoms. The number of nitrogens with one attached hydrogen (secondary N) is 1. The van der Waals surface area contributed by atoms with Gasteiger partial charge in [0.2, 0.25) is 5.91 Å². The van der Waals surface area contributed by atoms with Crippen molar-refractivity contribution in [3.63, 3.8) is 0 Å². The van der Waals surface area contributed by atoms with Gasteiger partial charge < -0.3 is 15.3 Å². The molecule has 0 aromatic heterocycles. The summed E-state index contributed by atoms with van der Waals surface area (Å²) < 4.78 is 0. The van der Waals surface area contributed by atoms with E-state index >= 15 is 0 Å². The van der Waals surface area contributed by atoms with Gasteiger partial charge in [-0.05, 0) is 42.7 Å². The molecule has 1 heterocycles. The van der Waals surface area contributed by atoms with Gasteiger partial charge in [-0.15, -0.1) is 0 Å². The molecular formula is C18H17ClN2O3. The van der Waals surface area contributed by atoms with Crippen LogP contribution >= 0.6 is 11.6 Å². The van der Waals surface area contributed by atoms with E-state index in [0.717, 1.165) is 24.1 Å². The summed E-state index contributed by atoms with van der Waals surface area (Å²) >= 11 is 5.79. The van der Waals surface area contributed by atoms with Gasteiger partial charge in [-0.2, -0.15) is 0 Å². The number of hydrogen-bond acceptors (Lipinski definition) is 3. The van der Waals surface area contributed by atoms with Gasteiger partial charge >= 0.3 is 0 Å². The monoisotopic (exact) mass is 344 g/mol. The Labute approximate surface area is 144 Å². The van der Waals surface area contributed by atoms with Gasteiger partial charge in [0.1, 0.15) is 5.75 Å². The van der Waals surface area contributed by atoms with Gasteiger partial charge in [0.05, 0.1) is 11.6 Å². The second-order valence-electron chi connectivity index (χ2n) is 5.63. The lowest BCUT2D eigenvalue weighted by Crippen LogP contribution is -2.42. The van der Waals surface area contributed by atoms with Gasteiger partial charge in [0.15, 0.2) is 0 Å². The highest BCUT2D eigenvalue weighted by Gasteiger charge is 2.22. The number of carbonyl (C=O) groups excluding carboxylic acids is 2. The molecule has 0 fully saturated rings. The number of aryl methyl sites for hydroxylation is 1. The van der Waals surface area contributed by atoms with Crippen LogP contribution in [-0.2, 0) is 11.2 Å². The summed E-state index contributed by atoms with van der Waals surface area (Å²) in [5.41, 5.74) is 2.36. The zero-order chi connectivity index (χ0) is 17.1. The Morgan fingerprint density at radius 3 is 2.79 bits per heavy atom. The van der Waals surface area contributed by atoms with E-state index in [2.05, 4.69) is 5.32 Å². The minimum Gasteiger partial charge on any atom is -0.506 e. The SMILES string of the molecule is O=C(NCC(=O)N1CCCc2ccccc21)c1ccc(O)c(Cl)c1. The van der Waals surface area contributed by atoms with Crippen LogP contribution in [0.4, 0.5) is 5.69 Å². The molecule has 3 rings (SSSR count). The van der Waals surface area contributed by atoms with Crippen molar-refractivity contribution in [1.82, 2.24) is 5.32 Å². The van der Waals surface area contributed by atoms with Crippen LogP contribution < -0.4 is 10.2 Å². The quantitative estimate of drug-likeness (QED) is 0.899. The summed E-state index contributed by atoms with van der Waals surface area (Å²) in [4.78, 5) is 26.3. The number of nitrogens with zero attached hydrogens (tertiary/aromatic N) is 1. The Hall–Kier alpha value is -2.53. The number of hydrogen-bond donors (Lipinski definition) is 2. The van der Waals surface area contributed by atoms with Crippen LogP contribution in [0.5, 0.6) is 5.75 Å². The molecule has 2 amide bonds. The van der Waals surface area contributed by atoms with E-state index in [9.17, 15) is 14.7 Å². The Kier molecular flexibility index (Phi) is 4.71. The third-order valence-corrected chi connectivity index (χ3v) is 4.32. The lowest BCUT2D eigenvalue weighted by Gasteiger charge is -2.29. The minimum atomic E-state index is -0.407. The topological polar surface area (TPSA) is 69.6 Å². The van der Waals surface area contributed by atoms with Crippen molar-refractivity contribution < 1.29 is 14.7 Å². The third kappa shape index (κ3) is 3.36. The number of para-hydroxylation sites is 1. The molecule has 1 aliphatic rings. The maximum absolute atomic E-state index is 12.5. The number of anilines is 1. The zero-order valence-corrected chi connectivity index (χ0v) is 13.7. The van der Waals surface area contributed by atoms with Crippen molar-refractivity contribution in [3.05, 3.63) is 58.6 Å². The summed E-state index contributed by atoms with van der Waals surface area (Å²) in [7, 11) is 0. The predicted octanol–water partition coefficient (Wildman–Crippen LogP) is 2.75. The average Bonchev–Trinajstić information content (AvgIpc) is 2.61.